The smallest absolute Gasteiger partial charge is 0.255 e. The minimum absolute atomic E-state index is 0.358. The van der Waals surface area contributed by atoms with Crippen molar-refractivity contribution in [2.24, 2.45) is 0 Å². The Morgan fingerprint density at radius 2 is 2.20 bits per heavy atom. The zero-order valence-electron chi connectivity index (χ0n) is 13.5. The van der Waals surface area contributed by atoms with E-state index in [0.29, 0.717) is 17.9 Å². The number of amides is 2. The summed E-state index contributed by atoms with van der Waals surface area (Å²) in [6.45, 7) is 2.15. The van der Waals surface area contributed by atoms with Crippen molar-refractivity contribution < 1.29 is 14.0 Å². The lowest BCUT2D eigenvalue weighted by atomic mass is 10.2. The van der Waals surface area contributed by atoms with Gasteiger partial charge in [0.05, 0.1) is 18.4 Å². The standard InChI is InChI=1S/C17H17N5O3/c1-12(19-17(24)14-5-8-25-11-14)16(23)20-15-4-7-22(21-15)10-13-3-2-6-18-9-13/h2-9,11-12H,10H2,1H3,(H,19,24)(H,20,21,23)/t12-/m0/s1. The summed E-state index contributed by atoms with van der Waals surface area (Å²) in [5.41, 5.74) is 1.37. The van der Waals surface area contributed by atoms with Crippen molar-refractivity contribution in [3.05, 3.63) is 66.5 Å². The van der Waals surface area contributed by atoms with E-state index in [1.54, 1.807) is 36.3 Å². The molecule has 1 atom stereocenters. The van der Waals surface area contributed by atoms with Gasteiger partial charge in [-0.1, -0.05) is 6.07 Å². The van der Waals surface area contributed by atoms with Gasteiger partial charge in [-0.3, -0.25) is 19.3 Å². The summed E-state index contributed by atoms with van der Waals surface area (Å²) in [6, 6.07) is 6.30. The van der Waals surface area contributed by atoms with Gasteiger partial charge < -0.3 is 15.1 Å². The van der Waals surface area contributed by atoms with Crippen LogP contribution in [0.1, 0.15) is 22.8 Å². The number of nitrogens with one attached hydrogen (secondary N) is 2. The van der Waals surface area contributed by atoms with E-state index in [1.165, 1.54) is 18.6 Å². The van der Waals surface area contributed by atoms with Crippen LogP contribution >= 0.6 is 0 Å². The van der Waals surface area contributed by atoms with Gasteiger partial charge in [-0.2, -0.15) is 5.10 Å². The van der Waals surface area contributed by atoms with Crippen LogP contribution in [0, 0.1) is 0 Å². The van der Waals surface area contributed by atoms with Crippen LogP contribution in [0.4, 0.5) is 5.82 Å². The Balaban J connectivity index is 1.55. The fourth-order valence-electron chi connectivity index (χ4n) is 2.17. The number of rotatable bonds is 6. The molecule has 0 saturated heterocycles. The highest BCUT2D eigenvalue weighted by molar-refractivity contribution is 6.00. The molecule has 2 N–H and O–H groups in total. The van der Waals surface area contributed by atoms with Crippen LogP contribution in [0.15, 0.2) is 59.8 Å². The van der Waals surface area contributed by atoms with Gasteiger partial charge in [0.2, 0.25) is 5.91 Å². The van der Waals surface area contributed by atoms with Gasteiger partial charge in [-0.25, -0.2) is 0 Å². The number of pyridine rings is 1. The summed E-state index contributed by atoms with van der Waals surface area (Å²) < 4.78 is 6.54. The molecule has 3 rings (SSSR count). The van der Waals surface area contributed by atoms with Crippen LogP contribution < -0.4 is 10.6 Å². The van der Waals surface area contributed by atoms with Gasteiger partial charge >= 0.3 is 0 Å². The number of anilines is 1. The van der Waals surface area contributed by atoms with Crippen LogP contribution in [0.2, 0.25) is 0 Å². The molecule has 0 aliphatic carbocycles. The van der Waals surface area contributed by atoms with Crippen LogP contribution in [0.25, 0.3) is 0 Å². The average molecular weight is 339 g/mol. The van der Waals surface area contributed by atoms with Crippen LogP contribution in [-0.4, -0.2) is 32.6 Å². The second-order valence-corrected chi connectivity index (χ2v) is 5.46. The summed E-state index contributed by atoms with van der Waals surface area (Å²) in [7, 11) is 0. The second kappa shape index (κ2) is 7.43. The predicted octanol–water partition coefficient (Wildman–Crippen LogP) is 1.68. The van der Waals surface area contributed by atoms with E-state index in [9.17, 15) is 9.59 Å². The summed E-state index contributed by atoms with van der Waals surface area (Å²) in [6.07, 6.45) is 7.94. The Bertz CT molecular complexity index is 842. The van der Waals surface area contributed by atoms with Crippen molar-refractivity contribution in [1.29, 1.82) is 0 Å². The number of aromatic nitrogens is 3. The summed E-state index contributed by atoms with van der Waals surface area (Å²) >= 11 is 0. The van der Waals surface area contributed by atoms with Gasteiger partial charge in [-0.15, -0.1) is 0 Å². The topological polar surface area (TPSA) is 102 Å². The van der Waals surface area contributed by atoms with E-state index in [2.05, 4.69) is 20.7 Å². The first-order valence-electron chi connectivity index (χ1n) is 7.68. The number of carbonyl (C=O) groups is 2. The van der Waals surface area contributed by atoms with Gasteiger partial charge in [0, 0.05) is 24.7 Å². The summed E-state index contributed by atoms with van der Waals surface area (Å²) in [4.78, 5) is 28.1. The number of hydrogen-bond donors (Lipinski definition) is 2. The first-order chi connectivity index (χ1) is 12.1. The molecule has 8 nitrogen and oxygen atoms in total. The molecule has 0 unspecified atom stereocenters. The molecule has 3 heterocycles. The van der Waals surface area contributed by atoms with E-state index >= 15 is 0 Å². The predicted molar refractivity (Wildman–Crippen MR) is 89.8 cm³/mol. The molecule has 0 spiro atoms. The van der Waals surface area contributed by atoms with Crippen LogP contribution in [0.3, 0.4) is 0 Å². The zero-order valence-corrected chi connectivity index (χ0v) is 13.5. The first kappa shape index (κ1) is 16.4. The van der Waals surface area contributed by atoms with E-state index in [0.717, 1.165) is 5.56 Å². The minimum atomic E-state index is -0.717. The maximum Gasteiger partial charge on any atom is 0.255 e. The molecule has 0 fully saturated rings. The molecular weight excluding hydrogens is 322 g/mol. The molecule has 0 saturated carbocycles. The molecule has 0 aliphatic rings. The highest BCUT2D eigenvalue weighted by Crippen LogP contribution is 2.07. The fraction of sp³-hybridized carbons (Fsp3) is 0.176. The highest BCUT2D eigenvalue weighted by Gasteiger charge is 2.18. The molecule has 0 radical (unpaired) electrons. The lowest BCUT2D eigenvalue weighted by Crippen LogP contribution is -2.41. The molecular formula is C17H17N5O3. The Labute approximate surface area is 143 Å². The molecule has 0 aromatic carbocycles. The van der Waals surface area contributed by atoms with E-state index in [1.807, 2.05) is 12.1 Å². The molecule has 3 aromatic heterocycles. The SMILES string of the molecule is C[C@H](NC(=O)c1ccoc1)C(=O)Nc1ccn(Cc2cccnc2)n1. The van der Waals surface area contributed by atoms with Gasteiger partial charge in [0.15, 0.2) is 5.82 Å². The van der Waals surface area contributed by atoms with Crippen molar-refractivity contribution in [3.63, 3.8) is 0 Å². The maximum atomic E-state index is 12.2. The lowest BCUT2D eigenvalue weighted by molar-refractivity contribution is -0.117. The Hall–Kier alpha value is -3.42. The Morgan fingerprint density at radius 3 is 2.92 bits per heavy atom. The van der Waals surface area contributed by atoms with Gasteiger partial charge in [0.25, 0.3) is 5.91 Å². The van der Waals surface area contributed by atoms with E-state index in [4.69, 9.17) is 4.42 Å². The number of carbonyl (C=O) groups excluding carboxylic acids is 2. The molecule has 2 amide bonds. The zero-order chi connectivity index (χ0) is 17.6. The third kappa shape index (κ3) is 4.31. The molecule has 25 heavy (non-hydrogen) atoms. The van der Waals surface area contributed by atoms with Crippen molar-refractivity contribution >= 4 is 17.6 Å². The maximum absolute atomic E-state index is 12.2. The van der Waals surface area contributed by atoms with E-state index in [-0.39, 0.29) is 11.8 Å². The molecule has 0 bridgehead atoms. The van der Waals surface area contributed by atoms with Gasteiger partial charge in [-0.05, 0) is 24.6 Å². The summed E-state index contributed by atoms with van der Waals surface area (Å²) in [5, 5.41) is 9.56. The normalized spacial score (nSPS) is 11.7. The molecule has 8 heteroatoms. The number of nitrogens with zero attached hydrogens (tertiary/aromatic N) is 3. The third-order valence-electron chi connectivity index (χ3n) is 3.48. The number of hydrogen-bond acceptors (Lipinski definition) is 5. The van der Waals surface area contributed by atoms with Crippen molar-refractivity contribution in [2.75, 3.05) is 5.32 Å². The minimum Gasteiger partial charge on any atom is -0.472 e. The first-order valence-corrected chi connectivity index (χ1v) is 7.68. The highest BCUT2D eigenvalue weighted by atomic mass is 16.3. The van der Waals surface area contributed by atoms with Gasteiger partial charge in [0.1, 0.15) is 12.3 Å². The second-order valence-electron chi connectivity index (χ2n) is 5.46. The van der Waals surface area contributed by atoms with Crippen LogP contribution in [-0.2, 0) is 11.3 Å². The Morgan fingerprint density at radius 1 is 1.32 bits per heavy atom. The van der Waals surface area contributed by atoms with Crippen molar-refractivity contribution in [1.82, 2.24) is 20.1 Å². The molecule has 128 valence electrons. The lowest BCUT2D eigenvalue weighted by Gasteiger charge is -2.12. The molecule has 3 aromatic rings. The van der Waals surface area contributed by atoms with E-state index < -0.39 is 6.04 Å². The fourth-order valence-corrected chi connectivity index (χ4v) is 2.17. The van der Waals surface area contributed by atoms with Crippen molar-refractivity contribution in [2.45, 2.75) is 19.5 Å². The van der Waals surface area contributed by atoms with Crippen LogP contribution in [0.5, 0.6) is 0 Å². The molecule has 0 aliphatic heterocycles. The average Bonchev–Trinajstić information content (AvgIpc) is 3.28. The van der Waals surface area contributed by atoms with Crippen molar-refractivity contribution in [3.8, 4) is 0 Å². The monoisotopic (exact) mass is 339 g/mol. The summed E-state index contributed by atoms with van der Waals surface area (Å²) in [5.74, 6) is -0.319. The number of furan rings is 1. The largest absolute Gasteiger partial charge is 0.472 e. The third-order valence-corrected chi connectivity index (χ3v) is 3.48. The Kier molecular flexibility index (Phi) is 4.89. The quantitative estimate of drug-likeness (QED) is 0.711.